The van der Waals surface area contributed by atoms with E-state index in [0.717, 1.165) is 63.0 Å². The summed E-state index contributed by atoms with van der Waals surface area (Å²) >= 11 is 6.01. The molecule has 6 heteroatoms. The van der Waals surface area contributed by atoms with Crippen LogP contribution in [0.2, 0.25) is 5.02 Å². The molecule has 28 heavy (non-hydrogen) atoms. The van der Waals surface area contributed by atoms with E-state index in [4.69, 9.17) is 11.6 Å². The van der Waals surface area contributed by atoms with E-state index in [1.54, 1.807) is 0 Å². The number of piperazine rings is 1. The number of fused-ring (bicyclic) bond motifs is 3. The maximum Gasteiger partial charge on any atom is 0.157 e. The number of amidine groups is 1. The van der Waals surface area contributed by atoms with Crippen molar-refractivity contribution in [2.24, 2.45) is 5.10 Å². The zero-order valence-electron chi connectivity index (χ0n) is 16.0. The lowest BCUT2D eigenvalue weighted by Gasteiger charge is -2.37. The van der Waals surface area contributed by atoms with Gasteiger partial charge in [-0.3, -0.25) is 10.3 Å². The van der Waals surface area contributed by atoms with Crippen LogP contribution < -0.4 is 10.3 Å². The third-order valence-electron chi connectivity index (χ3n) is 6.13. The van der Waals surface area contributed by atoms with Crippen LogP contribution in [0.5, 0.6) is 0 Å². The first-order chi connectivity index (χ1) is 13.8. The molecule has 3 aliphatic rings. The van der Waals surface area contributed by atoms with Crippen LogP contribution in [-0.2, 0) is 6.42 Å². The van der Waals surface area contributed by atoms with Crippen LogP contribution in [0.1, 0.15) is 17.5 Å². The van der Waals surface area contributed by atoms with Crippen molar-refractivity contribution < 1.29 is 0 Å². The number of rotatable bonds is 4. The maximum atomic E-state index is 6.01. The minimum Gasteiger partial charge on any atom is -0.369 e. The van der Waals surface area contributed by atoms with Gasteiger partial charge in [-0.05, 0) is 36.2 Å². The van der Waals surface area contributed by atoms with Crippen LogP contribution >= 0.6 is 11.6 Å². The quantitative estimate of drug-likeness (QED) is 0.863. The van der Waals surface area contributed by atoms with Gasteiger partial charge in [0.05, 0.1) is 0 Å². The van der Waals surface area contributed by atoms with Crippen molar-refractivity contribution in [3.8, 4) is 0 Å². The fourth-order valence-corrected chi connectivity index (χ4v) is 4.62. The first kappa shape index (κ1) is 17.8. The van der Waals surface area contributed by atoms with Crippen molar-refractivity contribution in [3.63, 3.8) is 0 Å². The Balaban J connectivity index is 1.13. The molecule has 5 nitrogen and oxygen atoms in total. The molecule has 3 aliphatic heterocycles. The van der Waals surface area contributed by atoms with E-state index in [2.05, 4.69) is 61.6 Å². The summed E-state index contributed by atoms with van der Waals surface area (Å²) in [7, 11) is 0. The molecule has 0 radical (unpaired) electrons. The van der Waals surface area contributed by atoms with Crippen LogP contribution in [0.25, 0.3) is 0 Å². The first-order valence-corrected chi connectivity index (χ1v) is 10.6. The van der Waals surface area contributed by atoms with Gasteiger partial charge in [0.25, 0.3) is 0 Å². The minimum absolute atomic E-state index is 0.317. The highest BCUT2D eigenvalue weighted by Gasteiger charge is 2.32. The number of benzene rings is 2. The second-order valence-electron chi connectivity index (χ2n) is 7.77. The highest BCUT2D eigenvalue weighted by Crippen LogP contribution is 2.25. The van der Waals surface area contributed by atoms with Crippen LogP contribution in [0.15, 0.2) is 53.6 Å². The number of hydrogen-bond acceptors (Lipinski definition) is 5. The first-order valence-electron chi connectivity index (χ1n) is 10.2. The molecule has 1 atom stereocenters. The highest BCUT2D eigenvalue weighted by molar-refractivity contribution is 6.30. The Morgan fingerprint density at radius 1 is 0.964 bits per heavy atom. The molecule has 0 amide bonds. The molecule has 2 aromatic carbocycles. The van der Waals surface area contributed by atoms with Crippen molar-refractivity contribution in [1.82, 2.24) is 15.2 Å². The number of anilines is 1. The van der Waals surface area contributed by atoms with E-state index in [1.165, 1.54) is 16.8 Å². The Bertz CT molecular complexity index is 857. The largest absolute Gasteiger partial charge is 0.369 e. The molecule has 0 bridgehead atoms. The van der Waals surface area contributed by atoms with Gasteiger partial charge in [0, 0.05) is 62.0 Å². The second kappa shape index (κ2) is 7.64. The summed E-state index contributed by atoms with van der Waals surface area (Å²) in [4.78, 5) is 7.47. The summed E-state index contributed by atoms with van der Waals surface area (Å²) in [5, 5.41) is 5.46. The van der Waals surface area contributed by atoms with Gasteiger partial charge in [-0.15, -0.1) is 0 Å². The molecule has 3 heterocycles. The zero-order valence-corrected chi connectivity index (χ0v) is 16.8. The number of halogens is 1. The summed E-state index contributed by atoms with van der Waals surface area (Å²) in [6, 6.07) is 16.8. The molecule has 0 aliphatic carbocycles. The predicted molar refractivity (Wildman–Crippen MR) is 115 cm³/mol. The van der Waals surface area contributed by atoms with Gasteiger partial charge >= 0.3 is 0 Å². The van der Waals surface area contributed by atoms with E-state index in [9.17, 15) is 0 Å². The molecule has 146 valence electrons. The zero-order chi connectivity index (χ0) is 18.9. The van der Waals surface area contributed by atoms with Gasteiger partial charge in [0.2, 0.25) is 0 Å². The predicted octanol–water partition coefficient (Wildman–Crippen LogP) is 3.00. The normalized spacial score (nSPS) is 21.8. The topological polar surface area (TPSA) is 34.1 Å². The van der Waals surface area contributed by atoms with E-state index in [0.29, 0.717) is 6.17 Å². The van der Waals surface area contributed by atoms with E-state index in [1.807, 2.05) is 12.1 Å². The lowest BCUT2D eigenvalue weighted by atomic mass is 9.98. The molecule has 1 saturated heterocycles. The Morgan fingerprint density at radius 2 is 1.75 bits per heavy atom. The SMILES string of the molecule is Clc1ccc(N2CCN(CCC3NN=C4c5ccccc5CCN43)CC2)cc1. The summed E-state index contributed by atoms with van der Waals surface area (Å²) in [6.07, 6.45) is 2.51. The molecule has 1 N–H and O–H groups in total. The van der Waals surface area contributed by atoms with Gasteiger partial charge in [-0.1, -0.05) is 35.9 Å². The number of hydrazone groups is 1. The molecule has 1 fully saturated rings. The van der Waals surface area contributed by atoms with Gasteiger partial charge in [-0.25, -0.2) is 0 Å². The number of nitrogens with one attached hydrogen (secondary N) is 1. The van der Waals surface area contributed by atoms with Crippen LogP contribution in [0.3, 0.4) is 0 Å². The van der Waals surface area contributed by atoms with Crippen molar-refractivity contribution in [2.75, 3.05) is 44.2 Å². The standard InChI is InChI=1S/C22H26ClN5/c23-18-5-7-19(8-6-18)27-15-13-26(14-16-27)11-10-21-24-25-22-20-4-2-1-3-17(20)9-12-28(21)22/h1-8,21,24H,9-16H2. The Labute approximate surface area is 171 Å². The average molecular weight is 396 g/mol. The van der Waals surface area contributed by atoms with E-state index < -0.39 is 0 Å². The third kappa shape index (κ3) is 3.45. The molecule has 5 rings (SSSR count). The van der Waals surface area contributed by atoms with Crippen LogP contribution in [-0.4, -0.2) is 61.1 Å². The molecule has 2 aromatic rings. The van der Waals surface area contributed by atoms with Crippen molar-refractivity contribution >= 4 is 23.1 Å². The van der Waals surface area contributed by atoms with Crippen molar-refractivity contribution in [2.45, 2.75) is 19.0 Å². The highest BCUT2D eigenvalue weighted by atomic mass is 35.5. The van der Waals surface area contributed by atoms with E-state index >= 15 is 0 Å². The van der Waals surface area contributed by atoms with Gasteiger partial charge in [-0.2, -0.15) is 5.10 Å². The summed E-state index contributed by atoms with van der Waals surface area (Å²) in [5.74, 6) is 1.12. The Kier molecular flexibility index (Phi) is 4.87. The summed E-state index contributed by atoms with van der Waals surface area (Å²) in [5.41, 5.74) is 7.36. The van der Waals surface area contributed by atoms with Crippen LogP contribution in [0, 0.1) is 0 Å². The van der Waals surface area contributed by atoms with Crippen molar-refractivity contribution in [3.05, 3.63) is 64.7 Å². The van der Waals surface area contributed by atoms with Gasteiger partial charge in [0.1, 0.15) is 6.17 Å². The van der Waals surface area contributed by atoms with E-state index in [-0.39, 0.29) is 0 Å². The molecule has 0 saturated carbocycles. The van der Waals surface area contributed by atoms with Gasteiger partial charge < -0.3 is 9.80 Å². The molecular weight excluding hydrogens is 370 g/mol. The second-order valence-corrected chi connectivity index (χ2v) is 8.21. The Morgan fingerprint density at radius 3 is 2.57 bits per heavy atom. The third-order valence-corrected chi connectivity index (χ3v) is 6.38. The summed E-state index contributed by atoms with van der Waals surface area (Å²) < 4.78 is 0. The maximum absolute atomic E-state index is 6.01. The van der Waals surface area contributed by atoms with Crippen LogP contribution in [0.4, 0.5) is 5.69 Å². The van der Waals surface area contributed by atoms with Crippen molar-refractivity contribution in [1.29, 1.82) is 0 Å². The minimum atomic E-state index is 0.317. The Hall–Kier alpha value is -2.24. The number of nitrogens with zero attached hydrogens (tertiary/aromatic N) is 4. The monoisotopic (exact) mass is 395 g/mol. The fraction of sp³-hybridized carbons (Fsp3) is 0.409. The molecule has 0 spiro atoms. The lowest BCUT2D eigenvalue weighted by Crippen LogP contribution is -2.49. The van der Waals surface area contributed by atoms with Gasteiger partial charge in [0.15, 0.2) is 5.84 Å². The average Bonchev–Trinajstić information content (AvgIpc) is 3.17. The number of hydrogen-bond donors (Lipinski definition) is 1. The lowest BCUT2D eigenvalue weighted by molar-refractivity contribution is 0.208. The smallest absolute Gasteiger partial charge is 0.157 e. The molecule has 0 aromatic heterocycles. The molecular formula is C22H26ClN5. The summed E-state index contributed by atoms with van der Waals surface area (Å²) in [6.45, 7) is 6.50. The fourth-order valence-electron chi connectivity index (χ4n) is 4.50. The molecule has 1 unspecified atom stereocenters.